The van der Waals surface area contributed by atoms with Crippen LogP contribution in [0.25, 0.3) is 0 Å². The molecule has 1 aromatic carbocycles. The highest BCUT2D eigenvalue weighted by Crippen LogP contribution is 2.28. The van der Waals surface area contributed by atoms with E-state index in [0.717, 1.165) is 10.5 Å². The molecule has 0 aliphatic carbocycles. The predicted octanol–water partition coefficient (Wildman–Crippen LogP) is 0.260. The Bertz CT molecular complexity index is 741. The number of aryl methyl sites for hydroxylation is 1. The number of benzene rings is 1. The Labute approximate surface area is 117 Å². The van der Waals surface area contributed by atoms with E-state index in [9.17, 15) is 14.0 Å². The third-order valence-electron chi connectivity index (χ3n) is 2.59. The number of aromatic nitrogens is 3. The minimum absolute atomic E-state index is 0.319. The topological polar surface area (TPSA) is 93.8 Å². The quantitative estimate of drug-likeness (QED) is 0.789. The molecule has 0 bridgehead atoms. The second kappa shape index (κ2) is 6.02. The minimum atomic E-state index is -0.854. The fourth-order valence-corrected chi connectivity index (χ4v) is 2.58. The van der Waals surface area contributed by atoms with Crippen molar-refractivity contribution < 1.29 is 4.39 Å². The van der Waals surface area contributed by atoms with Crippen LogP contribution in [-0.2, 0) is 13.5 Å². The van der Waals surface area contributed by atoms with Crippen LogP contribution >= 0.6 is 11.8 Å². The lowest BCUT2D eigenvalue weighted by Crippen LogP contribution is -2.33. The summed E-state index contributed by atoms with van der Waals surface area (Å²) in [7, 11) is 1.57. The Morgan fingerprint density at radius 2 is 2.20 bits per heavy atom. The molecule has 0 saturated heterocycles. The van der Waals surface area contributed by atoms with E-state index in [1.54, 1.807) is 13.1 Å². The Balaban J connectivity index is 2.42. The van der Waals surface area contributed by atoms with Gasteiger partial charge >= 0.3 is 11.1 Å². The van der Waals surface area contributed by atoms with E-state index in [4.69, 9.17) is 5.73 Å². The third-order valence-corrected chi connectivity index (χ3v) is 3.75. The summed E-state index contributed by atoms with van der Waals surface area (Å²) in [6, 6.07) is 4.33. The van der Waals surface area contributed by atoms with Crippen molar-refractivity contribution in [3.8, 4) is 0 Å². The Kier molecular flexibility index (Phi) is 4.35. The number of rotatable bonds is 4. The number of hydrogen-bond donors (Lipinski definition) is 2. The van der Waals surface area contributed by atoms with Gasteiger partial charge in [-0.15, -0.1) is 0 Å². The third kappa shape index (κ3) is 3.14. The van der Waals surface area contributed by atoms with Crippen LogP contribution in [0.1, 0.15) is 5.56 Å². The van der Waals surface area contributed by atoms with Gasteiger partial charge in [0.25, 0.3) is 0 Å². The highest BCUT2D eigenvalue weighted by molar-refractivity contribution is 7.99. The number of nitrogens with one attached hydrogen (secondary N) is 1. The summed E-state index contributed by atoms with van der Waals surface area (Å²) in [6.45, 7) is 0.384. The van der Waals surface area contributed by atoms with Gasteiger partial charge in [0.1, 0.15) is 5.82 Å². The molecule has 0 aliphatic rings. The molecule has 0 radical (unpaired) electrons. The summed E-state index contributed by atoms with van der Waals surface area (Å²) in [5, 5.41) is 2.68. The van der Waals surface area contributed by atoms with Crippen molar-refractivity contribution in [3.05, 3.63) is 50.3 Å². The van der Waals surface area contributed by atoms with Gasteiger partial charge in [-0.1, -0.05) is 0 Å². The largest absolute Gasteiger partial charge is 0.339 e. The van der Waals surface area contributed by atoms with Crippen LogP contribution < -0.4 is 16.9 Å². The van der Waals surface area contributed by atoms with Gasteiger partial charge in [0.05, 0.1) is 0 Å². The molecule has 3 N–H and O–H groups in total. The van der Waals surface area contributed by atoms with Gasteiger partial charge in [0.15, 0.2) is 5.16 Å². The number of nitrogens with zero attached hydrogens (tertiary/aromatic N) is 2. The number of hydrogen-bond acceptors (Lipinski definition) is 5. The molecule has 0 spiro atoms. The van der Waals surface area contributed by atoms with Gasteiger partial charge in [0, 0.05) is 11.9 Å². The molecule has 2 aromatic rings. The summed E-state index contributed by atoms with van der Waals surface area (Å²) < 4.78 is 14.6. The molecule has 0 atom stereocenters. The van der Waals surface area contributed by atoms with E-state index in [0.29, 0.717) is 18.1 Å². The summed E-state index contributed by atoms with van der Waals surface area (Å²) in [5.74, 6) is -0.346. The maximum absolute atomic E-state index is 13.2. The molecule has 0 saturated carbocycles. The van der Waals surface area contributed by atoms with E-state index in [-0.39, 0.29) is 5.82 Å². The lowest BCUT2D eigenvalue weighted by molar-refractivity contribution is 0.596. The normalized spacial score (nSPS) is 10.8. The van der Waals surface area contributed by atoms with Crippen molar-refractivity contribution in [3.63, 3.8) is 0 Å². The SMILES string of the molecule is Cn1[nH]c(=O)c(=O)nc1Sc1ccc(F)cc1CCN. The maximum atomic E-state index is 13.2. The fraction of sp³-hybridized carbons (Fsp3) is 0.250. The summed E-state index contributed by atoms with van der Waals surface area (Å²) in [6.07, 6.45) is 0.511. The monoisotopic (exact) mass is 296 g/mol. The highest BCUT2D eigenvalue weighted by Gasteiger charge is 2.10. The second-order valence-corrected chi connectivity index (χ2v) is 5.10. The zero-order valence-electron chi connectivity index (χ0n) is 10.7. The molecule has 0 fully saturated rings. The van der Waals surface area contributed by atoms with Gasteiger partial charge < -0.3 is 5.73 Å². The highest BCUT2D eigenvalue weighted by atomic mass is 32.2. The van der Waals surface area contributed by atoms with Crippen molar-refractivity contribution in [2.24, 2.45) is 12.8 Å². The van der Waals surface area contributed by atoms with E-state index in [1.807, 2.05) is 0 Å². The summed E-state index contributed by atoms with van der Waals surface area (Å²) in [4.78, 5) is 26.9. The van der Waals surface area contributed by atoms with Crippen molar-refractivity contribution in [2.45, 2.75) is 16.5 Å². The average Bonchev–Trinajstić information content (AvgIpc) is 2.39. The van der Waals surface area contributed by atoms with Crippen LogP contribution in [0.3, 0.4) is 0 Å². The van der Waals surface area contributed by atoms with Gasteiger partial charge in [-0.3, -0.25) is 19.4 Å². The fourth-order valence-electron chi connectivity index (χ4n) is 1.65. The molecule has 2 rings (SSSR count). The molecule has 106 valence electrons. The maximum Gasteiger partial charge on any atom is 0.339 e. The van der Waals surface area contributed by atoms with Crippen molar-refractivity contribution in [2.75, 3.05) is 6.54 Å². The van der Waals surface area contributed by atoms with E-state index in [2.05, 4.69) is 10.1 Å². The summed E-state index contributed by atoms with van der Waals surface area (Å²) >= 11 is 1.17. The zero-order valence-corrected chi connectivity index (χ0v) is 11.5. The predicted molar refractivity (Wildman–Crippen MR) is 73.4 cm³/mol. The van der Waals surface area contributed by atoms with Crippen LogP contribution in [0.4, 0.5) is 4.39 Å². The smallest absolute Gasteiger partial charge is 0.330 e. The molecule has 0 unspecified atom stereocenters. The first kappa shape index (κ1) is 14.5. The molecule has 1 aromatic heterocycles. The summed E-state index contributed by atoms with van der Waals surface area (Å²) in [5.41, 5.74) is 4.60. The first-order valence-corrected chi connectivity index (χ1v) is 6.66. The van der Waals surface area contributed by atoms with E-state index >= 15 is 0 Å². The molecule has 1 heterocycles. The molecule has 0 amide bonds. The van der Waals surface area contributed by atoms with Crippen LogP contribution in [0.2, 0.25) is 0 Å². The first-order valence-electron chi connectivity index (χ1n) is 5.85. The molecule has 6 nitrogen and oxygen atoms in total. The van der Waals surface area contributed by atoms with Crippen LogP contribution in [0.5, 0.6) is 0 Å². The minimum Gasteiger partial charge on any atom is -0.330 e. The Hall–Kier alpha value is -1.93. The Morgan fingerprint density at radius 1 is 1.45 bits per heavy atom. The van der Waals surface area contributed by atoms with Gasteiger partial charge in [-0.25, -0.2) is 4.39 Å². The van der Waals surface area contributed by atoms with Crippen LogP contribution in [0.15, 0.2) is 37.8 Å². The van der Waals surface area contributed by atoms with Crippen molar-refractivity contribution in [1.82, 2.24) is 14.8 Å². The van der Waals surface area contributed by atoms with Crippen LogP contribution in [-0.4, -0.2) is 21.3 Å². The standard InChI is InChI=1S/C12H13FN4O2S/c1-17-12(15-10(18)11(19)16-17)20-9-3-2-8(13)6-7(9)4-5-14/h2-3,6H,4-5,14H2,1H3,(H,16,19). The van der Waals surface area contributed by atoms with Gasteiger partial charge in [0.2, 0.25) is 0 Å². The van der Waals surface area contributed by atoms with Gasteiger partial charge in [-0.05, 0) is 48.5 Å². The molecular formula is C12H13FN4O2S. The molecule has 0 aliphatic heterocycles. The zero-order chi connectivity index (χ0) is 14.7. The number of H-pyrrole nitrogens is 1. The van der Waals surface area contributed by atoms with Crippen LogP contribution in [0, 0.1) is 5.82 Å². The average molecular weight is 296 g/mol. The number of nitrogens with two attached hydrogens (primary N) is 1. The number of halogens is 1. The van der Waals surface area contributed by atoms with E-state index < -0.39 is 11.1 Å². The first-order chi connectivity index (χ1) is 9.51. The lowest BCUT2D eigenvalue weighted by atomic mass is 10.1. The Morgan fingerprint density at radius 3 is 2.90 bits per heavy atom. The molecule has 20 heavy (non-hydrogen) atoms. The number of aromatic amines is 1. The molecular weight excluding hydrogens is 283 g/mol. The van der Waals surface area contributed by atoms with Crippen molar-refractivity contribution in [1.29, 1.82) is 0 Å². The van der Waals surface area contributed by atoms with Crippen molar-refractivity contribution >= 4 is 11.8 Å². The lowest BCUT2D eigenvalue weighted by Gasteiger charge is -2.10. The van der Waals surface area contributed by atoms with Gasteiger partial charge in [-0.2, -0.15) is 4.98 Å². The molecule has 8 heteroatoms. The second-order valence-electron chi connectivity index (χ2n) is 4.09. The van der Waals surface area contributed by atoms with E-state index in [1.165, 1.54) is 28.6 Å².